The summed E-state index contributed by atoms with van der Waals surface area (Å²) < 4.78 is 36.6. The Bertz CT molecular complexity index is 346. The molecule has 0 unspecified atom stereocenters. The summed E-state index contributed by atoms with van der Waals surface area (Å²) in [6.45, 7) is 0.377. The monoisotopic (exact) mass is 232 g/mol. The highest BCUT2D eigenvalue weighted by atomic mass is 19.4. The van der Waals surface area contributed by atoms with E-state index in [2.05, 4.69) is 5.16 Å². The molecule has 0 aromatic heterocycles. The first-order valence-corrected chi connectivity index (χ1v) is 4.54. The van der Waals surface area contributed by atoms with Gasteiger partial charge in [-0.15, -0.1) is 0 Å². The van der Waals surface area contributed by atoms with Gasteiger partial charge in [-0.1, -0.05) is 17.3 Å². The largest absolute Gasteiger partial charge is 0.416 e. The molecule has 0 bridgehead atoms. The summed E-state index contributed by atoms with van der Waals surface area (Å²) in [6, 6.07) is 4.71. The van der Waals surface area contributed by atoms with Crippen LogP contribution in [0.5, 0.6) is 0 Å². The number of hydrogen-bond acceptors (Lipinski definition) is 3. The van der Waals surface area contributed by atoms with Crippen molar-refractivity contribution in [3.63, 3.8) is 0 Å². The Hall–Kier alpha value is -1.56. The lowest BCUT2D eigenvalue weighted by Crippen LogP contribution is -2.04. The van der Waals surface area contributed by atoms with Crippen LogP contribution in [0.1, 0.15) is 11.1 Å². The molecule has 0 fully saturated rings. The molecular formula is C10H11F3N2O. The molecule has 0 aliphatic heterocycles. The van der Waals surface area contributed by atoms with Gasteiger partial charge in [-0.25, -0.2) is 0 Å². The van der Waals surface area contributed by atoms with E-state index in [-0.39, 0.29) is 13.2 Å². The highest BCUT2D eigenvalue weighted by Crippen LogP contribution is 2.29. The quantitative estimate of drug-likeness (QED) is 0.638. The van der Waals surface area contributed by atoms with Crippen LogP contribution in [0.2, 0.25) is 0 Å². The fraction of sp³-hybridized carbons (Fsp3) is 0.300. The smallest absolute Gasteiger partial charge is 0.391 e. The van der Waals surface area contributed by atoms with Crippen LogP contribution in [0.15, 0.2) is 29.4 Å². The number of hydrogen-bond donors (Lipinski definition) is 1. The minimum atomic E-state index is -4.31. The third-order valence-corrected chi connectivity index (χ3v) is 1.77. The first-order valence-electron chi connectivity index (χ1n) is 4.54. The van der Waals surface area contributed by atoms with Crippen LogP contribution in [-0.2, 0) is 17.6 Å². The maximum Gasteiger partial charge on any atom is 0.416 e. The zero-order valence-corrected chi connectivity index (χ0v) is 8.37. The lowest BCUT2D eigenvalue weighted by Gasteiger charge is -2.06. The minimum Gasteiger partial charge on any atom is -0.391 e. The second kappa shape index (κ2) is 5.50. The lowest BCUT2D eigenvalue weighted by molar-refractivity contribution is -0.137. The molecule has 1 aromatic rings. The molecule has 16 heavy (non-hydrogen) atoms. The zero-order chi connectivity index (χ0) is 12.0. The van der Waals surface area contributed by atoms with Crippen LogP contribution in [0.4, 0.5) is 13.2 Å². The first-order chi connectivity index (χ1) is 7.54. The fourth-order valence-corrected chi connectivity index (χ4v) is 0.997. The van der Waals surface area contributed by atoms with Crippen LogP contribution in [-0.4, -0.2) is 12.8 Å². The van der Waals surface area contributed by atoms with Crippen molar-refractivity contribution in [3.05, 3.63) is 35.4 Å². The van der Waals surface area contributed by atoms with Crippen LogP contribution in [0.3, 0.4) is 0 Å². The minimum absolute atomic E-state index is 0.120. The molecule has 0 saturated heterocycles. The van der Waals surface area contributed by atoms with E-state index in [1.807, 2.05) is 0 Å². The molecule has 0 saturated carbocycles. The van der Waals surface area contributed by atoms with Crippen molar-refractivity contribution in [2.24, 2.45) is 10.9 Å². The average molecular weight is 232 g/mol. The van der Waals surface area contributed by atoms with Gasteiger partial charge in [0.15, 0.2) is 0 Å². The number of oxime groups is 1. The van der Waals surface area contributed by atoms with Crippen LogP contribution in [0.25, 0.3) is 0 Å². The van der Waals surface area contributed by atoms with Crippen molar-refractivity contribution in [3.8, 4) is 0 Å². The van der Waals surface area contributed by atoms with Crippen LogP contribution >= 0.6 is 0 Å². The van der Waals surface area contributed by atoms with Crippen LogP contribution in [0, 0.1) is 0 Å². The molecule has 0 aliphatic carbocycles. The van der Waals surface area contributed by atoms with Gasteiger partial charge in [0.05, 0.1) is 11.8 Å². The summed E-state index contributed by atoms with van der Waals surface area (Å²) in [4.78, 5) is 4.79. The third kappa shape index (κ3) is 3.90. The highest BCUT2D eigenvalue weighted by molar-refractivity contribution is 5.58. The van der Waals surface area contributed by atoms with E-state index >= 15 is 0 Å². The van der Waals surface area contributed by atoms with E-state index in [1.54, 1.807) is 0 Å². The van der Waals surface area contributed by atoms with E-state index in [0.29, 0.717) is 5.56 Å². The van der Waals surface area contributed by atoms with Crippen molar-refractivity contribution in [2.45, 2.75) is 12.8 Å². The van der Waals surface area contributed by atoms with E-state index in [4.69, 9.17) is 10.6 Å². The summed E-state index contributed by atoms with van der Waals surface area (Å²) in [5.41, 5.74) is 5.06. The number of nitrogens with two attached hydrogens (primary N) is 1. The van der Waals surface area contributed by atoms with Crippen molar-refractivity contribution in [1.82, 2.24) is 0 Å². The van der Waals surface area contributed by atoms with E-state index in [1.165, 1.54) is 18.3 Å². The second-order valence-electron chi connectivity index (χ2n) is 2.99. The molecule has 0 aliphatic rings. The average Bonchev–Trinajstić information content (AvgIpc) is 2.24. The Morgan fingerprint density at radius 2 is 1.88 bits per heavy atom. The van der Waals surface area contributed by atoms with Crippen molar-refractivity contribution in [1.29, 1.82) is 0 Å². The summed E-state index contributed by atoms with van der Waals surface area (Å²) in [6.07, 6.45) is -2.94. The predicted molar refractivity (Wildman–Crippen MR) is 53.8 cm³/mol. The number of nitrogens with zero attached hydrogens (tertiary/aromatic N) is 1. The molecule has 0 radical (unpaired) electrons. The van der Waals surface area contributed by atoms with Gasteiger partial charge in [-0.05, 0) is 17.7 Å². The van der Waals surface area contributed by atoms with Crippen molar-refractivity contribution < 1.29 is 18.0 Å². The Balaban J connectivity index is 2.55. The molecule has 88 valence electrons. The van der Waals surface area contributed by atoms with Gasteiger partial charge < -0.3 is 10.6 Å². The molecular weight excluding hydrogens is 221 g/mol. The van der Waals surface area contributed by atoms with Crippen LogP contribution < -0.4 is 5.73 Å². The second-order valence-corrected chi connectivity index (χ2v) is 2.99. The normalized spacial score (nSPS) is 12.0. The van der Waals surface area contributed by atoms with Crippen molar-refractivity contribution in [2.75, 3.05) is 6.54 Å². The van der Waals surface area contributed by atoms with Gasteiger partial charge in [-0.3, -0.25) is 0 Å². The maximum atomic E-state index is 12.2. The zero-order valence-electron chi connectivity index (χ0n) is 8.37. The molecule has 3 nitrogen and oxygen atoms in total. The molecule has 2 N–H and O–H groups in total. The Kier molecular flexibility index (Phi) is 4.30. The summed E-state index contributed by atoms with van der Waals surface area (Å²) in [7, 11) is 0. The van der Waals surface area contributed by atoms with E-state index in [9.17, 15) is 13.2 Å². The van der Waals surface area contributed by atoms with Gasteiger partial charge in [0.1, 0.15) is 6.61 Å². The summed E-state index contributed by atoms with van der Waals surface area (Å²) in [5, 5.41) is 3.48. The molecule has 0 amide bonds. The van der Waals surface area contributed by atoms with Gasteiger partial charge >= 0.3 is 6.18 Å². The summed E-state index contributed by atoms with van der Waals surface area (Å²) in [5.74, 6) is 0. The molecule has 1 rings (SSSR count). The lowest BCUT2D eigenvalue weighted by atomic mass is 10.1. The number of halogens is 3. The van der Waals surface area contributed by atoms with E-state index in [0.717, 1.165) is 12.1 Å². The number of benzene rings is 1. The van der Waals surface area contributed by atoms with Gasteiger partial charge in [-0.2, -0.15) is 13.2 Å². The molecule has 0 spiro atoms. The molecule has 6 heteroatoms. The topological polar surface area (TPSA) is 47.6 Å². The highest BCUT2D eigenvalue weighted by Gasteiger charge is 2.29. The Morgan fingerprint density at radius 3 is 2.38 bits per heavy atom. The maximum absolute atomic E-state index is 12.2. The Labute approximate surface area is 90.7 Å². The van der Waals surface area contributed by atoms with E-state index < -0.39 is 11.7 Å². The molecule has 0 heterocycles. The summed E-state index contributed by atoms with van der Waals surface area (Å²) >= 11 is 0. The standard InChI is InChI=1S/C10H11F3N2O/c11-10(12,13)9-3-1-8(2-4-9)7-16-15-6-5-14/h1-4,6H,5,7,14H2/b15-6+. The number of rotatable bonds is 4. The van der Waals surface area contributed by atoms with Gasteiger partial charge in [0, 0.05) is 6.54 Å². The van der Waals surface area contributed by atoms with Gasteiger partial charge in [0.2, 0.25) is 0 Å². The number of alkyl halides is 3. The SMILES string of the molecule is NC/C=N/OCc1ccc(C(F)(F)F)cc1. The third-order valence-electron chi connectivity index (χ3n) is 1.77. The Morgan fingerprint density at radius 1 is 1.25 bits per heavy atom. The predicted octanol–water partition coefficient (Wildman–Crippen LogP) is 2.17. The van der Waals surface area contributed by atoms with Gasteiger partial charge in [0.25, 0.3) is 0 Å². The van der Waals surface area contributed by atoms with Crippen molar-refractivity contribution >= 4 is 6.21 Å². The molecule has 0 atom stereocenters. The first kappa shape index (κ1) is 12.5. The molecule has 1 aromatic carbocycles. The fourth-order valence-electron chi connectivity index (χ4n) is 0.997.